The summed E-state index contributed by atoms with van der Waals surface area (Å²) in [7, 11) is 0. The molecule has 3 N–H and O–H groups in total. The largest absolute Gasteiger partial charge is 0.365 e. The second kappa shape index (κ2) is 7.62. The normalized spacial score (nSPS) is 13.1. The van der Waals surface area contributed by atoms with E-state index in [0.29, 0.717) is 15.8 Å². The number of carbonyl (C=O) groups is 2. The smallest absolute Gasteiger partial charge is 0.251 e. The first-order valence-corrected chi connectivity index (χ1v) is 10.1. The number of hydrogen-bond acceptors (Lipinski definition) is 4. The Bertz CT molecular complexity index is 795. The van der Waals surface area contributed by atoms with E-state index >= 15 is 0 Å². The first kappa shape index (κ1) is 18.0. The van der Waals surface area contributed by atoms with Gasteiger partial charge in [-0.3, -0.25) is 9.59 Å². The predicted octanol–water partition coefficient (Wildman–Crippen LogP) is 4.02. The summed E-state index contributed by atoms with van der Waals surface area (Å²) in [5.41, 5.74) is 8.02. The minimum Gasteiger partial charge on any atom is -0.365 e. The third-order valence-electron chi connectivity index (χ3n) is 4.08. The number of thiophene rings is 1. The first-order chi connectivity index (χ1) is 11.9. The molecular weight excluding hydrogens is 352 g/mol. The van der Waals surface area contributed by atoms with Crippen LogP contribution in [0.5, 0.6) is 0 Å². The third-order valence-corrected chi connectivity index (χ3v) is 6.30. The summed E-state index contributed by atoms with van der Waals surface area (Å²) in [6.07, 6.45) is 3.17. The molecule has 4 nitrogen and oxygen atoms in total. The number of thioether (sulfide) groups is 1. The van der Waals surface area contributed by atoms with Crippen LogP contribution < -0.4 is 11.1 Å². The molecule has 1 aromatic carbocycles. The number of carbonyl (C=O) groups excluding carboxylic acids is 2. The van der Waals surface area contributed by atoms with Gasteiger partial charge in [0.25, 0.3) is 5.91 Å². The Morgan fingerprint density at radius 2 is 1.96 bits per heavy atom. The van der Waals surface area contributed by atoms with Crippen molar-refractivity contribution in [2.45, 2.75) is 49.7 Å². The van der Waals surface area contributed by atoms with Crippen LogP contribution >= 0.6 is 23.1 Å². The fourth-order valence-electron chi connectivity index (χ4n) is 3.07. The second-order valence-corrected chi connectivity index (χ2v) is 9.22. The molecule has 132 valence electrons. The lowest BCUT2D eigenvalue weighted by Crippen LogP contribution is -2.19. The molecule has 1 aliphatic rings. The van der Waals surface area contributed by atoms with E-state index in [1.165, 1.54) is 21.1 Å². The van der Waals surface area contributed by atoms with Crippen molar-refractivity contribution >= 4 is 39.9 Å². The van der Waals surface area contributed by atoms with Crippen molar-refractivity contribution in [1.29, 1.82) is 0 Å². The molecule has 0 fully saturated rings. The lowest BCUT2D eigenvalue weighted by atomic mass is 10.1. The molecule has 6 heteroatoms. The highest BCUT2D eigenvalue weighted by Crippen LogP contribution is 2.38. The van der Waals surface area contributed by atoms with Crippen LogP contribution in [0.4, 0.5) is 5.00 Å². The number of fused-ring (bicyclic) bond motifs is 1. The van der Waals surface area contributed by atoms with Gasteiger partial charge in [0, 0.05) is 15.0 Å². The monoisotopic (exact) mass is 374 g/mol. The van der Waals surface area contributed by atoms with Gasteiger partial charge in [-0.25, -0.2) is 0 Å². The number of hydrogen-bond donors (Lipinski definition) is 2. The molecule has 0 unspecified atom stereocenters. The van der Waals surface area contributed by atoms with E-state index in [9.17, 15) is 9.59 Å². The zero-order valence-electron chi connectivity index (χ0n) is 14.4. The van der Waals surface area contributed by atoms with Crippen LogP contribution in [-0.4, -0.2) is 17.1 Å². The fraction of sp³-hybridized carbons (Fsp3) is 0.368. The quantitative estimate of drug-likeness (QED) is 0.750. The zero-order valence-corrected chi connectivity index (χ0v) is 16.1. The predicted molar refractivity (Wildman–Crippen MR) is 105 cm³/mol. The van der Waals surface area contributed by atoms with E-state index in [2.05, 4.69) is 19.2 Å². The van der Waals surface area contributed by atoms with Crippen molar-refractivity contribution < 1.29 is 9.59 Å². The Hall–Kier alpha value is -1.79. The molecule has 1 aliphatic carbocycles. The van der Waals surface area contributed by atoms with Gasteiger partial charge in [0.1, 0.15) is 5.00 Å². The van der Waals surface area contributed by atoms with E-state index in [1.807, 2.05) is 24.3 Å². The summed E-state index contributed by atoms with van der Waals surface area (Å²) in [5, 5.41) is 4.03. The number of rotatable bonds is 6. The summed E-state index contributed by atoms with van der Waals surface area (Å²) in [5.74, 6) is -0.573. The van der Waals surface area contributed by atoms with Crippen molar-refractivity contribution in [1.82, 2.24) is 0 Å². The maximum atomic E-state index is 12.4. The summed E-state index contributed by atoms with van der Waals surface area (Å²) in [4.78, 5) is 26.5. The van der Waals surface area contributed by atoms with Crippen LogP contribution in [-0.2, 0) is 24.1 Å². The number of amides is 2. The van der Waals surface area contributed by atoms with Gasteiger partial charge in [0.2, 0.25) is 5.91 Å². The van der Waals surface area contributed by atoms with Crippen molar-refractivity contribution in [3.63, 3.8) is 0 Å². The molecule has 0 saturated carbocycles. The van der Waals surface area contributed by atoms with Gasteiger partial charge in [0.05, 0.1) is 12.0 Å². The molecule has 0 bridgehead atoms. The number of aryl methyl sites for hydroxylation is 1. The van der Waals surface area contributed by atoms with Crippen molar-refractivity contribution in [2.24, 2.45) is 5.73 Å². The van der Waals surface area contributed by atoms with Crippen LogP contribution in [0.3, 0.4) is 0 Å². The van der Waals surface area contributed by atoms with E-state index in [-0.39, 0.29) is 12.3 Å². The molecule has 25 heavy (non-hydrogen) atoms. The number of nitrogens with one attached hydrogen (secondary N) is 1. The summed E-state index contributed by atoms with van der Waals surface area (Å²) < 4.78 is 0. The van der Waals surface area contributed by atoms with Gasteiger partial charge in [-0.1, -0.05) is 26.0 Å². The van der Waals surface area contributed by atoms with Gasteiger partial charge in [-0.05, 0) is 42.5 Å². The Balaban J connectivity index is 1.68. The van der Waals surface area contributed by atoms with Crippen molar-refractivity contribution in [3.8, 4) is 0 Å². The average molecular weight is 375 g/mol. The molecule has 3 rings (SSSR count). The summed E-state index contributed by atoms with van der Waals surface area (Å²) in [6.45, 7) is 4.31. The van der Waals surface area contributed by atoms with E-state index < -0.39 is 5.91 Å². The Morgan fingerprint density at radius 1 is 1.24 bits per heavy atom. The lowest BCUT2D eigenvalue weighted by molar-refractivity contribution is -0.115. The fourth-order valence-corrected chi connectivity index (χ4v) is 5.22. The molecule has 0 spiro atoms. The number of nitrogens with two attached hydrogens (primary N) is 1. The second-order valence-electron chi connectivity index (χ2n) is 6.46. The summed E-state index contributed by atoms with van der Waals surface area (Å²) >= 11 is 3.29. The highest BCUT2D eigenvalue weighted by atomic mass is 32.2. The number of primary amides is 1. The van der Waals surface area contributed by atoms with Gasteiger partial charge in [-0.2, -0.15) is 0 Å². The standard InChI is InChI=1S/C19H22N2O2S2/c1-11(2)24-13-8-6-12(7-9-13)10-16(22)21-19-17(18(20)23)14-4-3-5-15(14)25-19/h6-9,11H,3-5,10H2,1-2H3,(H2,20,23)(H,21,22). The third kappa shape index (κ3) is 4.25. The molecule has 0 atom stereocenters. The molecule has 0 aliphatic heterocycles. The SMILES string of the molecule is CC(C)Sc1ccc(CC(=O)Nc2sc3c(c2C(N)=O)CCC3)cc1. The molecule has 2 amide bonds. The van der Waals surface area contributed by atoms with Gasteiger partial charge < -0.3 is 11.1 Å². The molecule has 0 radical (unpaired) electrons. The molecule has 1 heterocycles. The van der Waals surface area contributed by atoms with E-state index in [4.69, 9.17) is 5.73 Å². The van der Waals surface area contributed by atoms with Gasteiger partial charge >= 0.3 is 0 Å². The molecular formula is C19H22N2O2S2. The van der Waals surface area contributed by atoms with Crippen LogP contribution in [0.1, 0.15) is 46.6 Å². The van der Waals surface area contributed by atoms with Crippen molar-refractivity contribution in [3.05, 3.63) is 45.8 Å². The highest BCUT2D eigenvalue weighted by Gasteiger charge is 2.26. The number of anilines is 1. The van der Waals surface area contributed by atoms with Crippen molar-refractivity contribution in [2.75, 3.05) is 5.32 Å². The maximum Gasteiger partial charge on any atom is 0.251 e. The van der Waals surface area contributed by atoms with Crippen LogP contribution in [0.2, 0.25) is 0 Å². The Labute approximate surface area is 156 Å². The van der Waals surface area contributed by atoms with Gasteiger partial charge in [0.15, 0.2) is 0 Å². The van der Waals surface area contributed by atoms with Crippen LogP contribution in [0.15, 0.2) is 29.2 Å². The first-order valence-electron chi connectivity index (χ1n) is 8.44. The van der Waals surface area contributed by atoms with Crippen LogP contribution in [0, 0.1) is 0 Å². The van der Waals surface area contributed by atoms with E-state index in [1.54, 1.807) is 11.8 Å². The minimum absolute atomic E-state index is 0.119. The molecule has 0 saturated heterocycles. The lowest BCUT2D eigenvalue weighted by Gasteiger charge is -2.08. The molecule has 2 aromatic rings. The van der Waals surface area contributed by atoms with Crippen LogP contribution in [0.25, 0.3) is 0 Å². The van der Waals surface area contributed by atoms with Gasteiger partial charge in [-0.15, -0.1) is 23.1 Å². The zero-order chi connectivity index (χ0) is 18.0. The van der Waals surface area contributed by atoms with E-state index in [0.717, 1.165) is 30.4 Å². The number of benzene rings is 1. The average Bonchev–Trinajstić information content (AvgIpc) is 3.08. The topological polar surface area (TPSA) is 72.2 Å². The Morgan fingerprint density at radius 3 is 2.60 bits per heavy atom. The maximum absolute atomic E-state index is 12.4. The molecule has 1 aromatic heterocycles. The minimum atomic E-state index is -0.454. The Kier molecular flexibility index (Phi) is 5.49. The summed E-state index contributed by atoms with van der Waals surface area (Å²) in [6, 6.07) is 8.05. The highest BCUT2D eigenvalue weighted by molar-refractivity contribution is 7.99.